The number of rotatable bonds is 6. The van der Waals surface area contributed by atoms with Crippen molar-refractivity contribution in [3.63, 3.8) is 0 Å². The first-order valence-electron chi connectivity index (χ1n) is 9.24. The Bertz CT molecular complexity index is 967. The van der Waals surface area contributed by atoms with Crippen molar-refractivity contribution in [2.75, 3.05) is 29.6 Å². The molecule has 0 atom stereocenters. The summed E-state index contributed by atoms with van der Waals surface area (Å²) in [6.45, 7) is 4.05. The minimum absolute atomic E-state index is 0.252. The summed E-state index contributed by atoms with van der Waals surface area (Å²) >= 11 is 0. The maximum atomic E-state index is 12.7. The van der Waals surface area contributed by atoms with E-state index < -0.39 is 0 Å². The fourth-order valence-corrected chi connectivity index (χ4v) is 2.92. The first-order chi connectivity index (χ1) is 13.5. The molecule has 28 heavy (non-hydrogen) atoms. The number of anilines is 4. The molecule has 0 aliphatic heterocycles. The van der Waals surface area contributed by atoms with Gasteiger partial charge < -0.3 is 15.5 Å². The maximum absolute atomic E-state index is 12.7. The number of nitrogens with zero attached hydrogens (tertiary/aromatic N) is 3. The van der Waals surface area contributed by atoms with Gasteiger partial charge in [-0.1, -0.05) is 25.1 Å². The largest absolute Gasteiger partial charge is 0.378 e. The predicted molar refractivity (Wildman–Crippen MR) is 115 cm³/mol. The van der Waals surface area contributed by atoms with Crippen LogP contribution in [0, 0.1) is 6.92 Å². The lowest BCUT2D eigenvalue weighted by Crippen LogP contribution is -2.16. The van der Waals surface area contributed by atoms with Crippen LogP contribution >= 0.6 is 0 Å². The molecule has 1 amide bonds. The van der Waals surface area contributed by atoms with Crippen LogP contribution in [0.25, 0.3) is 0 Å². The molecule has 6 nitrogen and oxygen atoms in total. The standard InChI is InChI=1S/C22H25N5O/c1-5-16-8-6-7-15(2)21(16)26-22(28)19-13-20(24-14-23-19)25-17-9-11-18(12-10-17)27(3)4/h6-14H,5H2,1-4H3,(H,26,28)(H,23,24,25). The monoisotopic (exact) mass is 375 g/mol. The second-order valence-electron chi connectivity index (χ2n) is 6.77. The van der Waals surface area contributed by atoms with E-state index in [4.69, 9.17) is 0 Å². The summed E-state index contributed by atoms with van der Waals surface area (Å²) < 4.78 is 0. The van der Waals surface area contributed by atoms with E-state index >= 15 is 0 Å². The Kier molecular flexibility index (Phi) is 5.89. The average molecular weight is 375 g/mol. The van der Waals surface area contributed by atoms with Crippen molar-refractivity contribution < 1.29 is 4.79 Å². The number of hydrogen-bond acceptors (Lipinski definition) is 5. The smallest absolute Gasteiger partial charge is 0.274 e. The highest BCUT2D eigenvalue weighted by atomic mass is 16.1. The lowest BCUT2D eigenvalue weighted by molar-refractivity contribution is 0.102. The summed E-state index contributed by atoms with van der Waals surface area (Å²) in [4.78, 5) is 23.1. The van der Waals surface area contributed by atoms with E-state index in [0.717, 1.165) is 34.6 Å². The Hall–Kier alpha value is -3.41. The van der Waals surface area contributed by atoms with Crippen molar-refractivity contribution in [3.8, 4) is 0 Å². The maximum Gasteiger partial charge on any atom is 0.274 e. The van der Waals surface area contributed by atoms with Crippen molar-refractivity contribution in [1.29, 1.82) is 0 Å². The highest BCUT2D eigenvalue weighted by Crippen LogP contribution is 2.22. The Labute approximate surface area is 165 Å². The van der Waals surface area contributed by atoms with Gasteiger partial charge in [-0.3, -0.25) is 4.79 Å². The lowest BCUT2D eigenvalue weighted by Gasteiger charge is -2.14. The van der Waals surface area contributed by atoms with E-state index in [0.29, 0.717) is 11.5 Å². The molecule has 1 aromatic heterocycles. The summed E-state index contributed by atoms with van der Waals surface area (Å²) in [6, 6.07) is 15.6. The van der Waals surface area contributed by atoms with Crippen molar-refractivity contribution in [2.45, 2.75) is 20.3 Å². The Balaban J connectivity index is 1.77. The van der Waals surface area contributed by atoms with Gasteiger partial charge >= 0.3 is 0 Å². The van der Waals surface area contributed by atoms with E-state index in [1.807, 2.05) is 68.4 Å². The number of aromatic nitrogens is 2. The summed E-state index contributed by atoms with van der Waals surface area (Å²) in [5.74, 6) is 0.315. The molecule has 3 aromatic rings. The zero-order valence-electron chi connectivity index (χ0n) is 16.7. The van der Waals surface area contributed by atoms with Crippen molar-refractivity contribution >= 4 is 28.8 Å². The van der Waals surface area contributed by atoms with E-state index in [2.05, 4.69) is 27.5 Å². The second kappa shape index (κ2) is 8.52. The predicted octanol–water partition coefficient (Wildman–Crippen LogP) is 4.41. The molecule has 144 valence electrons. The lowest BCUT2D eigenvalue weighted by atomic mass is 10.1. The van der Waals surface area contributed by atoms with Crippen LogP contribution in [-0.2, 0) is 6.42 Å². The fourth-order valence-electron chi connectivity index (χ4n) is 2.92. The molecule has 1 heterocycles. The molecule has 0 aliphatic rings. The van der Waals surface area contributed by atoms with Gasteiger partial charge in [0.25, 0.3) is 5.91 Å². The van der Waals surface area contributed by atoms with Gasteiger partial charge in [-0.25, -0.2) is 9.97 Å². The molecule has 0 radical (unpaired) electrons. The minimum atomic E-state index is -0.252. The van der Waals surface area contributed by atoms with Gasteiger partial charge in [0.15, 0.2) is 0 Å². The normalized spacial score (nSPS) is 10.4. The molecule has 0 unspecified atom stereocenters. The summed E-state index contributed by atoms with van der Waals surface area (Å²) in [5.41, 5.74) is 5.29. The van der Waals surface area contributed by atoms with Crippen LogP contribution < -0.4 is 15.5 Å². The number of aryl methyl sites for hydroxylation is 2. The third-order valence-corrected chi connectivity index (χ3v) is 4.53. The van der Waals surface area contributed by atoms with Gasteiger partial charge in [0.1, 0.15) is 17.8 Å². The Morgan fingerprint density at radius 2 is 1.82 bits per heavy atom. The van der Waals surface area contributed by atoms with Crippen molar-refractivity contribution in [3.05, 3.63) is 71.7 Å². The van der Waals surface area contributed by atoms with Crippen LogP contribution in [0.3, 0.4) is 0 Å². The van der Waals surface area contributed by atoms with Crippen LogP contribution in [0.1, 0.15) is 28.5 Å². The average Bonchev–Trinajstić information content (AvgIpc) is 2.70. The molecule has 3 rings (SSSR count). The SMILES string of the molecule is CCc1cccc(C)c1NC(=O)c1cc(Nc2ccc(N(C)C)cc2)ncn1. The van der Waals surface area contributed by atoms with Crippen LogP contribution in [0.2, 0.25) is 0 Å². The highest BCUT2D eigenvalue weighted by Gasteiger charge is 2.13. The number of hydrogen-bond donors (Lipinski definition) is 2. The minimum Gasteiger partial charge on any atom is -0.378 e. The van der Waals surface area contributed by atoms with E-state index in [1.54, 1.807) is 6.07 Å². The van der Waals surface area contributed by atoms with E-state index in [1.165, 1.54) is 6.33 Å². The van der Waals surface area contributed by atoms with Crippen LogP contribution in [0.15, 0.2) is 54.9 Å². The van der Waals surface area contributed by atoms with Gasteiger partial charge in [0, 0.05) is 37.2 Å². The molecule has 0 fully saturated rings. The molecule has 6 heteroatoms. The van der Waals surface area contributed by atoms with Gasteiger partial charge in [-0.05, 0) is 48.7 Å². The van der Waals surface area contributed by atoms with Crippen LogP contribution in [-0.4, -0.2) is 30.0 Å². The van der Waals surface area contributed by atoms with Crippen LogP contribution in [0.4, 0.5) is 22.9 Å². The van der Waals surface area contributed by atoms with Crippen molar-refractivity contribution in [1.82, 2.24) is 9.97 Å². The molecule has 0 saturated carbocycles. The van der Waals surface area contributed by atoms with Gasteiger partial charge in [-0.15, -0.1) is 0 Å². The van der Waals surface area contributed by atoms with E-state index in [-0.39, 0.29) is 5.91 Å². The van der Waals surface area contributed by atoms with Crippen LogP contribution in [0.5, 0.6) is 0 Å². The molecular weight excluding hydrogens is 350 g/mol. The zero-order chi connectivity index (χ0) is 20.1. The third kappa shape index (κ3) is 4.46. The number of para-hydroxylation sites is 1. The molecule has 0 aliphatic carbocycles. The molecule has 0 bridgehead atoms. The number of benzene rings is 2. The second-order valence-corrected chi connectivity index (χ2v) is 6.77. The Morgan fingerprint density at radius 3 is 2.50 bits per heavy atom. The topological polar surface area (TPSA) is 70.2 Å². The van der Waals surface area contributed by atoms with E-state index in [9.17, 15) is 4.79 Å². The fraction of sp³-hybridized carbons (Fsp3) is 0.227. The van der Waals surface area contributed by atoms with Crippen molar-refractivity contribution in [2.24, 2.45) is 0 Å². The summed E-state index contributed by atoms with van der Waals surface area (Å²) in [6.07, 6.45) is 2.24. The molecule has 0 saturated heterocycles. The third-order valence-electron chi connectivity index (χ3n) is 4.53. The molecule has 0 spiro atoms. The highest BCUT2D eigenvalue weighted by molar-refractivity contribution is 6.04. The zero-order valence-corrected chi connectivity index (χ0v) is 16.7. The summed E-state index contributed by atoms with van der Waals surface area (Å²) in [5, 5.41) is 6.21. The number of amides is 1. The number of carbonyl (C=O) groups excluding carboxylic acids is 1. The Morgan fingerprint density at radius 1 is 1.07 bits per heavy atom. The number of carbonyl (C=O) groups is 1. The molecule has 2 aromatic carbocycles. The first kappa shape index (κ1) is 19.4. The molecule has 2 N–H and O–H groups in total. The quantitative estimate of drug-likeness (QED) is 0.668. The van der Waals surface area contributed by atoms with Gasteiger partial charge in [-0.2, -0.15) is 0 Å². The first-order valence-corrected chi connectivity index (χ1v) is 9.24. The number of nitrogens with one attached hydrogen (secondary N) is 2. The molecular formula is C22H25N5O. The van der Waals surface area contributed by atoms with Gasteiger partial charge in [0.2, 0.25) is 0 Å². The summed E-state index contributed by atoms with van der Waals surface area (Å²) in [7, 11) is 3.99. The van der Waals surface area contributed by atoms with Gasteiger partial charge in [0.05, 0.1) is 0 Å².